The molecule has 1 N–H and O–H groups in total. The fraction of sp³-hybridized carbons (Fsp3) is 0.964. The number of Topliss-reactive ketones (excluding diaryl/α,β-unsaturated/α-hetero) is 1. The normalized spacial score (nSPS) is 14.7. The molecule has 0 rings (SSSR count). The summed E-state index contributed by atoms with van der Waals surface area (Å²) in [5.74, 6) is 0.163. The average Bonchev–Trinajstić information content (AvgIpc) is 2.79. The lowest BCUT2D eigenvalue weighted by Gasteiger charge is -2.24. The van der Waals surface area contributed by atoms with Gasteiger partial charge >= 0.3 is 7.82 Å². The van der Waals surface area contributed by atoms with Crippen molar-refractivity contribution in [3.63, 3.8) is 0 Å². The van der Waals surface area contributed by atoms with Crippen molar-refractivity contribution in [2.24, 2.45) is 5.92 Å². The standard InChI is InChI=1S/C28H58NO5P/c1-6-8-9-10-11-12-13-14-15-16-17-18-19-20-22-27(25-28(30)7-2)26-34-35(31,32)33-24-21-23-29(3,4)5/h27H,6-26H2,1-5H3/p+1. The maximum absolute atomic E-state index is 12.2. The first-order valence-corrected chi connectivity index (χ1v) is 16.0. The van der Waals surface area contributed by atoms with Gasteiger partial charge in [0.1, 0.15) is 5.78 Å². The molecule has 35 heavy (non-hydrogen) atoms. The van der Waals surface area contributed by atoms with Crippen molar-refractivity contribution in [3.8, 4) is 0 Å². The van der Waals surface area contributed by atoms with E-state index in [1.165, 1.54) is 77.0 Å². The number of carbonyl (C=O) groups excluding carboxylic acids is 1. The summed E-state index contributed by atoms with van der Waals surface area (Å²) in [7, 11) is 2.14. The number of unbranched alkanes of at least 4 members (excludes halogenated alkanes) is 13. The van der Waals surface area contributed by atoms with Crippen molar-refractivity contribution in [3.05, 3.63) is 0 Å². The lowest BCUT2D eigenvalue weighted by Crippen LogP contribution is -2.35. The number of nitrogens with zero attached hydrogens (tertiary/aromatic N) is 1. The molecule has 6 nitrogen and oxygen atoms in total. The molecule has 0 bridgehead atoms. The number of quaternary nitrogens is 1. The monoisotopic (exact) mass is 520 g/mol. The van der Waals surface area contributed by atoms with Crippen LogP contribution in [-0.4, -0.2) is 56.1 Å². The third kappa shape index (κ3) is 25.2. The Hall–Kier alpha value is -0.260. The van der Waals surface area contributed by atoms with E-state index in [9.17, 15) is 14.3 Å². The van der Waals surface area contributed by atoms with E-state index in [-0.39, 0.29) is 24.9 Å². The van der Waals surface area contributed by atoms with Crippen molar-refractivity contribution >= 4 is 13.6 Å². The Kier molecular flexibility index (Phi) is 21.6. The van der Waals surface area contributed by atoms with E-state index in [4.69, 9.17) is 9.05 Å². The summed E-state index contributed by atoms with van der Waals surface area (Å²) in [4.78, 5) is 22.0. The molecule has 0 aliphatic carbocycles. The summed E-state index contributed by atoms with van der Waals surface area (Å²) < 4.78 is 23.4. The van der Waals surface area contributed by atoms with E-state index in [0.717, 1.165) is 30.3 Å². The Morgan fingerprint density at radius 3 is 1.71 bits per heavy atom. The van der Waals surface area contributed by atoms with Gasteiger partial charge in [0, 0.05) is 19.3 Å². The van der Waals surface area contributed by atoms with Gasteiger partial charge < -0.3 is 9.38 Å². The highest BCUT2D eigenvalue weighted by Gasteiger charge is 2.24. The first-order chi connectivity index (χ1) is 16.6. The van der Waals surface area contributed by atoms with Gasteiger partial charge in [0.2, 0.25) is 0 Å². The molecule has 0 aliphatic rings. The van der Waals surface area contributed by atoms with Gasteiger partial charge in [-0.1, -0.05) is 104 Å². The SMILES string of the molecule is CCCCCCCCCCCCCCCCC(COP(=O)(O)OCCC[N+](C)(C)C)CC(=O)CC. The molecule has 210 valence electrons. The van der Waals surface area contributed by atoms with Crippen LogP contribution in [-0.2, 0) is 18.4 Å². The second-order valence-electron chi connectivity index (χ2n) is 11.3. The molecule has 0 saturated carbocycles. The maximum Gasteiger partial charge on any atom is 0.472 e. The van der Waals surface area contributed by atoms with Crippen LogP contribution in [0.25, 0.3) is 0 Å². The zero-order chi connectivity index (χ0) is 26.4. The number of hydrogen-bond donors (Lipinski definition) is 1. The third-order valence-corrected chi connectivity index (χ3v) is 7.56. The van der Waals surface area contributed by atoms with Crippen molar-refractivity contribution in [1.29, 1.82) is 0 Å². The molecular weight excluding hydrogens is 461 g/mol. The van der Waals surface area contributed by atoms with E-state index in [1.54, 1.807) is 0 Å². The van der Waals surface area contributed by atoms with Crippen molar-refractivity contribution < 1.29 is 27.8 Å². The molecule has 0 saturated heterocycles. The van der Waals surface area contributed by atoms with E-state index in [2.05, 4.69) is 28.1 Å². The van der Waals surface area contributed by atoms with Gasteiger partial charge in [-0.2, -0.15) is 0 Å². The molecule has 2 unspecified atom stereocenters. The summed E-state index contributed by atoms with van der Waals surface area (Å²) in [6.45, 7) is 5.28. The summed E-state index contributed by atoms with van der Waals surface area (Å²) >= 11 is 0. The number of phosphoric ester groups is 1. The maximum atomic E-state index is 12.2. The number of carbonyl (C=O) groups is 1. The molecule has 0 aromatic rings. The van der Waals surface area contributed by atoms with Gasteiger partial charge in [-0.15, -0.1) is 0 Å². The first kappa shape index (κ1) is 34.7. The molecule has 0 aromatic carbocycles. The summed E-state index contributed by atoms with van der Waals surface area (Å²) in [6, 6.07) is 0. The van der Waals surface area contributed by atoms with Crippen molar-refractivity contribution in [1.82, 2.24) is 0 Å². The second-order valence-corrected chi connectivity index (χ2v) is 12.8. The van der Waals surface area contributed by atoms with Crippen LogP contribution in [0.5, 0.6) is 0 Å². The minimum atomic E-state index is -4.07. The van der Waals surface area contributed by atoms with Gasteiger partial charge in [0.25, 0.3) is 0 Å². The van der Waals surface area contributed by atoms with Crippen molar-refractivity contribution in [2.45, 2.75) is 129 Å². The predicted molar refractivity (Wildman–Crippen MR) is 148 cm³/mol. The minimum Gasteiger partial charge on any atom is -0.331 e. The number of phosphoric acid groups is 1. The zero-order valence-electron chi connectivity index (χ0n) is 23.9. The third-order valence-electron chi connectivity index (χ3n) is 6.58. The Morgan fingerprint density at radius 1 is 0.771 bits per heavy atom. The lowest BCUT2D eigenvalue weighted by molar-refractivity contribution is -0.870. The topological polar surface area (TPSA) is 72.8 Å². The molecule has 0 radical (unpaired) electrons. The van der Waals surface area contributed by atoms with Gasteiger partial charge in [0.15, 0.2) is 0 Å². The molecule has 0 aromatic heterocycles. The molecule has 0 fully saturated rings. The quantitative estimate of drug-likeness (QED) is 0.0709. The second kappa shape index (κ2) is 21.8. The molecule has 0 heterocycles. The average molecular weight is 521 g/mol. The molecule has 2 atom stereocenters. The van der Waals surface area contributed by atoms with E-state index in [0.29, 0.717) is 19.3 Å². The van der Waals surface area contributed by atoms with Crippen LogP contribution in [0, 0.1) is 5.92 Å². The van der Waals surface area contributed by atoms with Gasteiger partial charge in [-0.05, 0) is 12.3 Å². The van der Waals surface area contributed by atoms with E-state index in [1.807, 2.05) is 6.92 Å². The molecule has 0 aliphatic heterocycles. The van der Waals surface area contributed by atoms with Crippen LogP contribution in [0.2, 0.25) is 0 Å². The Labute approximate surface area is 217 Å². The first-order valence-electron chi connectivity index (χ1n) is 14.5. The summed E-state index contributed by atoms with van der Waals surface area (Å²) in [5.41, 5.74) is 0. The number of rotatable bonds is 26. The molecule has 7 heteroatoms. The Morgan fingerprint density at radius 2 is 1.26 bits per heavy atom. The Balaban J connectivity index is 3.96. The fourth-order valence-electron chi connectivity index (χ4n) is 4.29. The number of hydrogen-bond acceptors (Lipinski definition) is 4. The summed E-state index contributed by atoms with van der Waals surface area (Å²) in [6.07, 6.45) is 20.8. The molecule has 0 spiro atoms. The van der Waals surface area contributed by atoms with E-state index < -0.39 is 7.82 Å². The molecular formula is C28H59NO5P+. The van der Waals surface area contributed by atoms with Crippen LogP contribution in [0.3, 0.4) is 0 Å². The van der Waals surface area contributed by atoms with Crippen LogP contribution in [0.4, 0.5) is 0 Å². The van der Waals surface area contributed by atoms with Crippen molar-refractivity contribution in [2.75, 3.05) is 40.9 Å². The number of ketones is 1. The highest BCUT2D eigenvalue weighted by atomic mass is 31.2. The Bertz CT molecular complexity index is 550. The highest BCUT2D eigenvalue weighted by Crippen LogP contribution is 2.44. The van der Waals surface area contributed by atoms with Gasteiger partial charge in [-0.3, -0.25) is 13.8 Å². The minimum absolute atomic E-state index is 0.0184. The predicted octanol–water partition coefficient (Wildman–Crippen LogP) is 8.07. The fourth-order valence-corrected chi connectivity index (χ4v) is 5.13. The smallest absolute Gasteiger partial charge is 0.331 e. The van der Waals surface area contributed by atoms with Crippen LogP contribution >= 0.6 is 7.82 Å². The highest BCUT2D eigenvalue weighted by molar-refractivity contribution is 7.47. The molecule has 0 amide bonds. The van der Waals surface area contributed by atoms with Gasteiger partial charge in [0.05, 0.1) is 40.9 Å². The van der Waals surface area contributed by atoms with Crippen LogP contribution in [0.15, 0.2) is 0 Å². The lowest BCUT2D eigenvalue weighted by atomic mass is 9.95. The summed E-state index contributed by atoms with van der Waals surface area (Å²) in [5, 5.41) is 0. The van der Waals surface area contributed by atoms with Gasteiger partial charge in [-0.25, -0.2) is 4.57 Å². The van der Waals surface area contributed by atoms with Crippen LogP contribution < -0.4 is 0 Å². The van der Waals surface area contributed by atoms with Crippen LogP contribution in [0.1, 0.15) is 129 Å². The zero-order valence-corrected chi connectivity index (χ0v) is 24.8. The van der Waals surface area contributed by atoms with E-state index >= 15 is 0 Å². The largest absolute Gasteiger partial charge is 0.472 e.